The predicted molar refractivity (Wildman–Crippen MR) is 86.8 cm³/mol. The van der Waals surface area contributed by atoms with Crippen LogP contribution in [0, 0.1) is 5.82 Å². The lowest BCUT2D eigenvalue weighted by molar-refractivity contribution is -0.124. The van der Waals surface area contributed by atoms with Crippen LogP contribution >= 0.6 is 0 Å². The minimum Gasteiger partial charge on any atom is -0.348 e. The summed E-state index contributed by atoms with van der Waals surface area (Å²) >= 11 is 0. The third kappa shape index (κ3) is 4.29. The van der Waals surface area contributed by atoms with Crippen LogP contribution in [-0.4, -0.2) is 37.0 Å². The number of hydrogen-bond donors (Lipinski definition) is 1. The van der Waals surface area contributed by atoms with Gasteiger partial charge in [0.1, 0.15) is 11.9 Å². The molecule has 1 N–H and O–H groups in total. The van der Waals surface area contributed by atoms with Crippen molar-refractivity contribution in [2.24, 2.45) is 0 Å². The zero-order valence-electron chi connectivity index (χ0n) is 13.5. The Bertz CT molecular complexity index is 646. The zero-order valence-corrected chi connectivity index (χ0v) is 14.3. The van der Waals surface area contributed by atoms with Crippen LogP contribution in [0.15, 0.2) is 24.3 Å². The minimum atomic E-state index is -3.39. The highest BCUT2D eigenvalue weighted by atomic mass is 32.2. The molecule has 128 valence electrons. The number of rotatable bonds is 6. The number of hydrogen-bond acceptors (Lipinski definition) is 3. The van der Waals surface area contributed by atoms with Gasteiger partial charge in [-0.05, 0) is 43.9 Å². The van der Waals surface area contributed by atoms with Crippen LogP contribution in [-0.2, 0) is 14.8 Å². The van der Waals surface area contributed by atoms with Crippen molar-refractivity contribution in [1.82, 2.24) is 9.62 Å². The van der Waals surface area contributed by atoms with Gasteiger partial charge in [0.05, 0.1) is 11.8 Å². The Kier molecular flexibility index (Phi) is 5.75. The number of amides is 1. The van der Waals surface area contributed by atoms with Gasteiger partial charge in [0.2, 0.25) is 15.9 Å². The molecule has 0 aromatic heterocycles. The smallest absolute Gasteiger partial charge is 0.238 e. The van der Waals surface area contributed by atoms with Gasteiger partial charge in [-0.15, -0.1) is 0 Å². The molecule has 2 atom stereocenters. The molecule has 1 fully saturated rings. The lowest BCUT2D eigenvalue weighted by atomic mass is 10.1. The van der Waals surface area contributed by atoms with Gasteiger partial charge in [-0.1, -0.05) is 19.1 Å². The second-order valence-electron chi connectivity index (χ2n) is 5.87. The highest BCUT2D eigenvalue weighted by molar-refractivity contribution is 7.89. The first kappa shape index (κ1) is 17.9. The zero-order chi connectivity index (χ0) is 17.0. The summed E-state index contributed by atoms with van der Waals surface area (Å²) in [5.74, 6) is -0.566. The first-order chi connectivity index (χ1) is 10.8. The largest absolute Gasteiger partial charge is 0.348 e. The van der Waals surface area contributed by atoms with E-state index in [2.05, 4.69) is 5.32 Å². The molecule has 1 aliphatic heterocycles. The molecule has 2 unspecified atom stereocenters. The van der Waals surface area contributed by atoms with Crippen molar-refractivity contribution in [3.8, 4) is 0 Å². The second kappa shape index (κ2) is 7.40. The summed E-state index contributed by atoms with van der Waals surface area (Å²) in [5, 5.41) is 2.83. The average Bonchev–Trinajstić information content (AvgIpc) is 2.98. The van der Waals surface area contributed by atoms with E-state index in [0.717, 1.165) is 5.56 Å². The van der Waals surface area contributed by atoms with Crippen molar-refractivity contribution in [3.05, 3.63) is 35.6 Å². The number of carbonyl (C=O) groups excluding carboxylic acids is 1. The molecule has 1 aromatic rings. The highest BCUT2D eigenvalue weighted by Gasteiger charge is 2.38. The SMILES string of the molecule is CCCS(=O)(=O)N1CCCC1C(=O)NC(C)c1ccc(F)cc1. The standard InChI is InChI=1S/C16H23FN2O3S/c1-3-11-23(21,22)19-10-4-5-15(19)16(20)18-12(2)13-6-8-14(17)9-7-13/h6-9,12,15H,3-5,10-11H2,1-2H3,(H,18,20). The molecule has 2 rings (SSSR count). The van der Waals surface area contributed by atoms with E-state index in [1.54, 1.807) is 26.0 Å². The molecule has 23 heavy (non-hydrogen) atoms. The van der Waals surface area contributed by atoms with Gasteiger partial charge in [-0.3, -0.25) is 4.79 Å². The molecule has 7 heteroatoms. The van der Waals surface area contributed by atoms with E-state index in [9.17, 15) is 17.6 Å². The molecule has 1 saturated heterocycles. The Morgan fingerprint density at radius 1 is 1.39 bits per heavy atom. The van der Waals surface area contributed by atoms with E-state index in [0.29, 0.717) is 25.8 Å². The normalized spacial score (nSPS) is 20.4. The third-order valence-corrected chi connectivity index (χ3v) is 6.13. The summed E-state index contributed by atoms with van der Waals surface area (Å²) in [5.41, 5.74) is 0.778. The molecule has 0 radical (unpaired) electrons. The van der Waals surface area contributed by atoms with E-state index in [4.69, 9.17) is 0 Å². The van der Waals surface area contributed by atoms with Gasteiger partial charge in [0.25, 0.3) is 0 Å². The number of halogens is 1. The lowest BCUT2D eigenvalue weighted by Gasteiger charge is -2.25. The molecule has 1 aliphatic rings. The topological polar surface area (TPSA) is 66.5 Å². The number of nitrogens with one attached hydrogen (secondary N) is 1. The van der Waals surface area contributed by atoms with Crippen LogP contribution in [0.3, 0.4) is 0 Å². The lowest BCUT2D eigenvalue weighted by Crippen LogP contribution is -2.47. The van der Waals surface area contributed by atoms with Gasteiger partial charge in [0.15, 0.2) is 0 Å². The predicted octanol–water partition coefficient (Wildman–Crippen LogP) is 2.21. The molecule has 1 heterocycles. The molecule has 0 bridgehead atoms. The van der Waals surface area contributed by atoms with Crippen molar-refractivity contribution in [2.75, 3.05) is 12.3 Å². The third-order valence-electron chi connectivity index (χ3n) is 4.05. The van der Waals surface area contributed by atoms with Crippen LogP contribution in [0.1, 0.15) is 44.7 Å². The maximum atomic E-state index is 13.0. The van der Waals surface area contributed by atoms with Crippen molar-refractivity contribution in [3.63, 3.8) is 0 Å². The van der Waals surface area contributed by atoms with Crippen molar-refractivity contribution in [1.29, 1.82) is 0 Å². The van der Waals surface area contributed by atoms with E-state index in [-0.39, 0.29) is 23.5 Å². The van der Waals surface area contributed by atoms with E-state index in [1.807, 2.05) is 0 Å². The van der Waals surface area contributed by atoms with Gasteiger partial charge >= 0.3 is 0 Å². The Labute approximate surface area is 136 Å². The number of sulfonamides is 1. The van der Waals surface area contributed by atoms with Crippen molar-refractivity contribution >= 4 is 15.9 Å². The van der Waals surface area contributed by atoms with Gasteiger partial charge < -0.3 is 5.32 Å². The minimum absolute atomic E-state index is 0.0598. The molecule has 0 spiro atoms. The maximum absolute atomic E-state index is 13.0. The molecule has 1 amide bonds. The first-order valence-electron chi connectivity index (χ1n) is 7.90. The van der Waals surface area contributed by atoms with E-state index < -0.39 is 16.1 Å². The molecular formula is C16H23FN2O3S. The molecular weight excluding hydrogens is 319 g/mol. The summed E-state index contributed by atoms with van der Waals surface area (Å²) in [7, 11) is -3.39. The van der Waals surface area contributed by atoms with Crippen LogP contribution in [0.5, 0.6) is 0 Å². The fraction of sp³-hybridized carbons (Fsp3) is 0.562. The number of benzene rings is 1. The number of nitrogens with zero attached hydrogens (tertiary/aromatic N) is 1. The van der Waals surface area contributed by atoms with Crippen LogP contribution < -0.4 is 5.32 Å². The molecule has 1 aromatic carbocycles. The molecule has 0 aliphatic carbocycles. The summed E-state index contributed by atoms with van der Waals surface area (Å²) in [4.78, 5) is 12.5. The second-order valence-corrected chi connectivity index (χ2v) is 7.91. The number of carbonyl (C=O) groups is 1. The Morgan fingerprint density at radius 3 is 2.65 bits per heavy atom. The first-order valence-corrected chi connectivity index (χ1v) is 9.51. The van der Waals surface area contributed by atoms with E-state index in [1.165, 1.54) is 16.4 Å². The Morgan fingerprint density at radius 2 is 2.04 bits per heavy atom. The van der Waals surface area contributed by atoms with Crippen molar-refractivity contribution < 1.29 is 17.6 Å². The van der Waals surface area contributed by atoms with Crippen LogP contribution in [0.2, 0.25) is 0 Å². The quantitative estimate of drug-likeness (QED) is 0.862. The van der Waals surface area contributed by atoms with Gasteiger partial charge in [-0.2, -0.15) is 4.31 Å². The summed E-state index contributed by atoms with van der Waals surface area (Å²) in [6.45, 7) is 4.00. The fourth-order valence-corrected chi connectivity index (χ4v) is 4.60. The van der Waals surface area contributed by atoms with Crippen LogP contribution in [0.4, 0.5) is 4.39 Å². The van der Waals surface area contributed by atoms with E-state index >= 15 is 0 Å². The average molecular weight is 342 g/mol. The summed E-state index contributed by atoms with van der Waals surface area (Å²) in [6, 6.07) is 4.95. The molecule has 5 nitrogen and oxygen atoms in total. The fourth-order valence-electron chi connectivity index (χ4n) is 2.85. The Hall–Kier alpha value is -1.47. The van der Waals surface area contributed by atoms with Crippen molar-refractivity contribution in [2.45, 2.75) is 45.2 Å². The van der Waals surface area contributed by atoms with Gasteiger partial charge in [-0.25, -0.2) is 12.8 Å². The Balaban J connectivity index is 2.06. The maximum Gasteiger partial charge on any atom is 0.238 e. The van der Waals surface area contributed by atoms with Gasteiger partial charge in [0, 0.05) is 6.54 Å². The monoisotopic (exact) mass is 342 g/mol. The summed E-state index contributed by atoms with van der Waals surface area (Å²) < 4.78 is 38.8. The molecule has 0 saturated carbocycles. The highest BCUT2D eigenvalue weighted by Crippen LogP contribution is 2.23. The van der Waals surface area contributed by atoms with Crippen LogP contribution in [0.25, 0.3) is 0 Å². The summed E-state index contributed by atoms with van der Waals surface area (Å²) in [6.07, 6.45) is 1.75.